The largest absolute Gasteiger partial charge is 0.464 e. The van der Waals surface area contributed by atoms with Gasteiger partial charge >= 0.3 is 5.97 Å². The smallest absolute Gasteiger partial charge is 0.356 e. The van der Waals surface area contributed by atoms with Crippen molar-refractivity contribution in [3.8, 4) is 0 Å². The number of esters is 1. The minimum absolute atomic E-state index is 0.109. The molecule has 88 valence electrons. The van der Waals surface area contributed by atoms with Crippen molar-refractivity contribution in [2.45, 2.75) is 12.9 Å². The molecule has 0 amide bonds. The summed E-state index contributed by atoms with van der Waals surface area (Å²) in [6.07, 6.45) is 2.63. The number of aromatic nitrogens is 2. The summed E-state index contributed by atoms with van der Waals surface area (Å²) in [5, 5.41) is 0. The van der Waals surface area contributed by atoms with Crippen molar-refractivity contribution in [1.29, 1.82) is 0 Å². The first-order chi connectivity index (χ1) is 9.45. The lowest BCUT2D eigenvalue weighted by Crippen LogP contribution is -2.14. The summed E-state index contributed by atoms with van der Waals surface area (Å²) < 4.78 is 29.2. The molecule has 0 aliphatic carbocycles. The molecule has 0 saturated heterocycles. The van der Waals surface area contributed by atoms with Gasteiger partial charge in [-0.2, -0.15) is 0 Å². The number of nitrogens with zero attached hydrogens (tertiary/aromatic N) is 2. The monoisotopic (exact) mass is 233 g/mol. The summed E-state index contributed by atoms with van der Waals surface area (Å²) in [4.78, 5) is 15.6. The van der Waals surface area contributed by atoms with Crippen LogP contribution in [0.1, 0.15) is 33.1 Å². The highest BCUT2D eigenvalue weighted by atomic mass is 16.5. The van der Waals surface area contributed by atoms with Crippen LogP contribution in [0.3, 0.4) is 0 Å². The van der Waals surface area contributed by atoms with Gasteiger partial charge in [-0.1, -0.05) is 30.3 Å². The first-order valence-electron chi connectivity index (χ1n) is 6.60. The van der Waals surface area contributed by atoms with Gasteiger partial charge in [0, 0.05) is 4.11 Å². The fourth-order valence-electron chi connectivity index (χ4n) is 1.57. The van der Waals surface area contributed by atoms with Crippen LogP contribution in [0, 0.1) is 0 Å². The van der Waals surface area contributed by atoms with Crippen molar-refractivity contribution in [1.82, 2.24) is 9.55 Å². The zero-order valence-corrected chi connectivity index (χ0v) is 9.33. The third-order valence-corrected chi connectivity index (χ3v) is 2.45. The van der Waals surface area contributed by atoms with Crippen molar-refractivity contribution < 1.29 is 13.6 Å². The summed E-state index contributed by atoms with van der Waals surface area (Å²) in [5.41, 5.74) is 0.688. The third kappa shape index (κ3) is 2.20. The Kier molecular flexibility index (Phi) is 2.29. The summed E-state index contributed by atoms with van der Waals surface area (Å²) in [6, 6.07) is 7.73. The summed E-state index contributed by atoms with van der Waals surface area (Å²) in [6.45, 7) is -2.31. The molecule has 4 nitrogen and oxygen atoms in total. The SMILES string of the molecule is [2H]C([2H])([2H])C(c1ccccc1)n1cncc1C(=O)OC. The molecule has 1 atom stereocenters. The Labute approximate surface area is 104 Å². The molecule has 1 unspecified atom stereocenters. The Balaban J connectivity index is 2.54. The van der Waals surface area contributed by atoms with E-state index in [2.05, 4.69) is 9.72 Å². The van der Waals surface area contributed by atoms with E-state index in [9.17, 15) is 4.79 Å². The van der Waals surface area contributed by atoms with Gasteiger partial charge in [0.25, 0.3) is 0 Å². The van der Waals surface area contributed by atoms with Crippen LogP contribution in [-0.2, 0) is 4.74 Å². The van der Waals surface area contributed by atoms with Crippen LogP contribution in [-0.4, -0.2) is 22.6 Å². The highest BCUT2D eigenvalue weighted by molar-refractivity contribution is 5.87. The Morgan fingerprint density at radius 3 is 2.88 bits per heavy atom. The Morgan fingerprint density at radius 2 is 2.24 bits per heavy atom. The minimum Gasteiger partial charge on any atom is -0.464 e. The van der Waals surface area contributed by atoms with E-state index < -0.39 is 18.9 Å². The molecule has 0 saturated carbocycles. The van der Waals surface area contributed by atoms with Crippen LogP contribution >= 0.6 is 0 Å². The van der Waals surface area contributed by atoms with E-state index >= 15 is 0 Å². The molecule has 1 heterocycles. The number of methoxy groups -OCH3 is 1. The molecule has 0 aliphatic rings. The fraction of sp³-hybridized carbons (Fsp3) is 0.231. The number of carbonyl (C=O) groups is 1. The topological polar surface area (TPSA) is 44.1 Å². The second kappa shape index (κ2) is 4.82. The fourth-order valence-corrected chi connectivity index (χ4v) is 1.57. The van der Waals surface area contributed by atoms with Gasteiger partial charge in [-0.3, -0.25) is 0 Å². The Bertz CT molecular complexity index is 593. The van der Waals surface area contributed by atoms with Gasteiger partial charge in [0.1, 0.15) is 5.69 Å². The molecule has 17 heavy (non-hydrogen) atoms. The molecule has 0 fully saturated rings. The van der Waals surface area contributed by atoms with Crippen LogP contribution in [0.4, 0.5) is 0 Å². The van der Waals surface area contributed by atoms with Gasteiger partial charge in [0.05, 0.1) is 25.7 Å². The van der Waals surface area contributed by atoms with Crippen molar-refractivity contribution in [3.05, 3.63) is 54.1 Å². The maximum absolute atomic E-state index is 11.7. The number of ether oxygens (including phenoxy) is 1. The van der Waals surface area contributed by atoms with E-state index in [0.29, 0.717) is 5.56 Å². The van der Waals surface area contributed by atoms with Crippen molar-refractivity contribution in [3.63, 3.8) is 0 Å². The van der Waals surface area contributed by atoms with Crippen LogP contribution < -0.4 is 0 Å². The Morgan fingerprint density at radius 1 is 1.47 bits per heavy atom. The van der Waals surface area contributed by atoms with Crippen LogP contribution in [0.25, 0.3) is 0 Å². The Hall–Kier alpha value is -2.10. The number of imidazole rings is 1. The lowest BCUT2D eigenvalue weighted by molar-refractivity contribution is 0.0587. The van der Waals surface area contributed by atoms with Crippen LogP contribution in [0.5, 0.6) is 0 Å². The molecular weight excluding hydrogens is 216 g/mol. The van der Waals surface area contributed by atoms with Gasteiger partial charge in [-0.05, 0) is 12.4 Å². The lowest BCUT2D eigenvalue weighted by Gasteiger charge is -2.15. The number of benzene rings is 1. The zero-order chi connectivity index (χ0) is 14.8. The second-order valence-electron chi connectivity index (χ2n) is 3.49. The van der Waals surface area contributed by atoms with Crippen molar-refractivity contribution in [2.75, 3.05) is 7.11 Å². The molecule has 1 aromatic carbocycles. The maximum Gasteiger partial charge on any atom is 0.356 e. The molecule has 0 bridgehead atoms. The van der Waals surface area contributed by atoms with Gasteiger partial charge < -0.3 is 9.30 Å². The van der Waals surface area contributed by atoms with Gasteiger partial charge in [0.2, 0.25) is 0 Å². The van der Waals surface area contributed by atoms with E-state index in [1.165, 1.54) is 24.2 Å². The molecule has 2 rings (SSSR count). The standard InChI is InChI=1S/C13H14N2O2/c1-10(11-6-4-3-5-7-11)15-9-14-8-12(15)13(16)17-2/h3-10H,1-2H3/i1D3. The molecule has 2 aromatic rings. The molecular formula is C13H14N2O2. The highest BCUT2D eigenvalue weighted by Gasteiger charge is 2.16. The predicted molar refractivity (Wildman–Crippen MR) is 63.8 cm³/mol. The molecule has 0 spiro atoms. The molecule has 0 radical (unpaired) electrons. The summed E-state index contributed by atoms with van der Waals surface area (Å²) in [7, 11) is 1.24. The highest BCUT2D eigenvalue weighted by Crippen LogP contribution is 2.19. The van der Waals surface area contributed by atoms with Gasteiger partial charge in [-0.15, -0.1) is 0 Å². The molecule has 1 aromatic heterocycles. The van der Waals surface area contributed by atoms with E-state index in [4.69, 9.17) is 4.11 Å². The van der Waals surface area contributed by atoms with Crippen molar-refractivity contribution in [2.24, 2.45) is 0 Å². The normalized spacial score (nSPS) is 15.5. The van der Waals surface area contributed by atoms with Crippen LogP contribution in [0.15, 0.2) is 42.9 Å². The summed E-state index contributed by atoms with van der Waals surface area (Å²) in [5.74, 6) is -0.618. The van der Waals surface area contributed by atoms with Gasteiger partial charge in [-0.25, -0.2) is 9.78 Å². The van der Waals surface area contributed by atoms with Crippen LogP contribution in [0.2, 0.25) is 0 Å². The number of hydrogen-bond donors (Lipinski definition) is 0. The minimum atomic E-state index is -2.31. The van der Waals surface area contributed by atoms with E-state index in [1.54, 1.807) is 30.3 Å². The lowest BCUT2D eigenvalue weighted by atomic mass is 10.1. The predicted octanol–water partition coefficient (Wildman–Crippen LogP) is 2.28. The molecule has 0 N–H and O–H groups in total. The van der Waals surface area contributed by atoms with Gasteiger partial charge in [0.15, 0.2) is 0 Å². The molecule has 0 aliphatic heterocycles. The zero-order valence-electron chi connectivity index (χ0n) is 12.3. The quantitative estimate of drug-likeness (QED) is 0.764. The third-order valence-electron chi connectivity index (χ3n) is 2.45. The second-order valence-corrected chi connectivity index (χ2v) is 3.49. The van der Waals surface area contributed by atoms with E-state index in [0.717, 1.165) is 0 Å². The first-order valence-corrected chi connectivity index (χ1v) is 5.10. The number of rotatable bonds is 3. The van der Waals surface area contributed by atoms with E-state index in [-0.39, 0.29) is 5.69 Å². The average Bonchev–Trinajstić information content (AvgIpc) is 2.86. The number of hydrogen-bond acceptors (Lipinski definition) is 3. The average molecular weight is 233 g/mol. The maximum atomic E-state index is 11.7. The number of carbonyl (C=O) groups excluding carboxylic acids is 1. The first kappa shape index (κ1) is 8.06. The van der Waals surface area contributed by atoms with E-state index in [1.807, 2.05) is 0 Å². The van der Waals surface area contributed by atoms with Crippen molar-refractivity contribution >= 4 is 5.97 Å². The summed E-state index contributed by atoms with van der Waals surface area (Å²) >= 11 is 0. The molecule has 4 heteroatoms.